The van der Waals surface area contributed by atoms with E-state index in [0.29, 0.717) is 28.8 Å². The van der Waals surface area contributed by atoms with Crippen molar-refractivity contribution in [1.29, 1.82) is 0 Å². The number of nitrogens with zero attached hydrogens (tertiary/aromatic N) is 3. The Balaban J connectivity index is 1.72. The number of aromatic nitrogens is 4. The van der Waals surface area contributed by atoms with E-state index in [1.54, 1.807) is 18.0 Å². The lowest BCUT2D eigenvalue weighted by Gasteiger charge is -2.00. The summed E-state index contributed by atoms with van der Waals surface area (Å²) < 4.78 is 6.23. The maximum Gasteiger partial charge on any atom is 0.263 e. The van der Waals surface area contributed by atoms with Crippen LogP contribution in [0.25, 0.3) is 11.5 Å². The second kappa shape index (κ2) is 5.68. The maximum atomic E-state index is 5.71. The summed E-state index contributed by atoms with van der Waals surface area (Å²) in [5, 5.41) is 10.4. The molecule has 3 aromatic rings. The standard InChI is InChI=1S/C12H10BrN5OS/c13-8-3-1-2-4-9(8)20-6-10-16-12(19-18-10)7-5-15-17-11(7)14/h1-5H,6H2,(H3,14,15,17). The Labute approximate surface area is 127 Å². The molecule has 0 fully saturated rings. The molecular formula is C12H10BrN5OS. The van der Waals surface area contributed by atoms with Gasteiger partial charge in [0.2, 0.25) is 0 Å². The third kappa shape index (κ3) is 2.70. The van der Waals surface area contributed by atoms with Gasteiger partial charge in [0, 0.05) is 9.37 Å². The molecule has 1 aromatic carbocycles. The summed E-state index contributed by atoms with van der Waals surface area (Å²) >= 11 is 5.13. The second-order valence-electron chi connectivity index (χ2n) is 3.93. The third-order valence-corrected chi connectivity index (χ3v) is 4.58. The van der Waals surface area contributed by atoms with Crippen LogP contribution in [-0.4, -0.2) is 20.3 Å². The molecule has 2 heterocycles. The van der Waals surface area contributed by atoms with E-state index in [4.69, 9.17) is 10.3 Å². The molecule has 0 unspecified atom stereocenters. The van der Waals surface area contributed by atoms with Gasteiger partial charge in [-0.15, -0.1) is 11.8 Å². The number of aromatic amines is 1. The molecule has 102 valence electrons. The van der Waals surface area contributed by atoms with Gasteiger partial charge in [-0.2, -0.15) is 10.1 Å². The molecule has 0 saturated carbocycles. The van der Waals surface area contributed by atoms with E-state index in [1.807, 2.05) is 24.3 Å². The van der Waals surface area contributed by atoms with Crippen molar-refractivity contribution in [2.75, 3.05) is 5.73 Å². The van der Waals surface area contributed by atoms with Crippen molar-refractivity contribution in [2.45, 2.75) is 10.6 Å². The van der Waals surface area contributed by atoms with Crippen LogP contribution in [0.5, 0.6) is 0 Å². The van der Waals surface area contributed by atoms with Gasteiger partial charge in [0.05, 0.1) is 11.9 Å². The zero-order chi connectivity index (χ0) is 13.9. The van der Waals surface area contributed by atoms with Crippen LogP contribution in [0.1, 0.15) is 5.82 Å². The Kier molecular flexibility index (Phi) is 3.75. The molecule has 0 atom stereocenters. The first-order chi connectivity index (χ1) is 9.74. The fourth-order valence-corrected chi connectivity index (χ4v) is 3.00. The Bertz CT molecular complexity index is 726. The number of rotatable bonds is 4. The van der Waals surface area contributed by atoms with Crippen molar-refractivity contribution in [3.8, 4) is 11.5 Å². The average Bonchev–Trinajstić information content (AvgIpc) is 3.06. The lowest BCUT2D eigenvalue weighted by Crippen LogP contribution is -1.88. The topological polar surface area (TPSA) is 93.6 Å². The smallest absolute Gasteiger partial charge is 0.263 e. The van der Waals surface area contributed by atoms with Crippen molar-refractivity contribution >= 4 is 33.5 Å². The van der Waals surface area contributed by atoms with E-state index in [9.17, 15) is 0 Å². The number of thioether (sulfide) groups is 1. The molecule has 0 aliphatic carbocycles. The first kappa shape index (κ1) is 13.2. The van der Waals surface area contributed by atoms with Crippen LogP contribution >= 0.6 is 27.7 Å². The van der Waals surface area contributed by atoms with Crippen molar-refractivity contribution in [3.63, 3.8) is 0 Å². The van der Waals surface area contributed by atoms with E-state index in [0.717, 1.165) is 9.37 Å². The minimum Gasteiger partial charge on any atom is -0.383 e. The molecule has 3 rings (SSSR count). The Morgan fingerprint density at radius 3 is 2.95 bits per heavy atom. The number of nitrogens with one attached hydrogen (secondary N) is 1. The molecule has 2 aromatic heterocycles. The molecule has 0 saturated heterocycles. The van der Waals surface area contributed by atoms with Gasteiger partial charge < -0.3 is 10.3 Å². The molecule has 20 heavy (non-hydrogen) atoms. The normalized spacial score (nSPS) is 10.8. The van der Waals surface area contributed by atoms with Crippen LogP contribution in [0, 0.1) is 0 Å². The fourth-order valence-electron chi connectivity index (χ4n) is 1.59. The van der Waals surface area contributed by atoms with Gasteiger partial charge in [-0.3, -0.25) is 5.10 Å². The molecular weight excluding hydrogens is 342 g/mol. The highest BCUT2D eigenvalue weighted by Crippen LogP contribution is 2.30. The van der Waals surface area contributed by atoms with Crippen LogP contribution in [0.15, 0.2) is 44.4 Å². The molecule has 0 aliphatic rings. The molecule has 6 nitrogen and oxygen atoms in total. The highest BCUT2D eigenvalue weighted by Gasteiger charge is 2.13. The average molecular weight is 352 g/mol. The lowest BCUT2D eigenvalue weighted by atomic mass is 10.3. The molecule has 0 aliphatic heterocycles. The number of anilines is 1. The van der Waals surface area contributed by atoms with Gasteiger partial charge >= 0.3 is 0 Å². The minimum absolute atomic E-state index is 0.374. The van der Waals surface area contributed by atoms with Gasteiger partial charge in [0.25, 0.3) is 5.89 Å². The van der Waals surface area contributed by atoms with E-state index < -0.39 is 0 Å². The summed E-state index contributed by atoms with van der Waals surface area (Å²) in [5.74, 6) is 2.02. The third-order valence-electron chi connectivity index (χ3n) is 2.56. The van der Waals surface area contributed by atoms with Gasteiger partial charge in [-0.1, -0.05) is 17.3 Å². The summed E-state index contributed by atoms with van der Waals surface area (Å²) in [6, 6.07) is 7.99. The van der Waals surface area contributed by atoms with Crippen LogP contribution < -0.4 is 5.73 Å². The number of halogens is 1. The lowest BCUT2D eigenvalue weighted by molar-refractivity contribution is 0.425. The van der Waals surface area contributed by atoms with Gasteiger partial charge in [0.15, 0.2) is 5.82 Å². The van der Waals surface area contributed by atoms with Crippen LogP contribution in [0.2, 0.25) is 0 Å². The fraction of sp³-hybridized carbons (Fsp3) is 0.0833. The van der Waals surface area contributed by atoms with Crippen molar-refractivity contribution in [1.82, 2.24) is 20.3 Å². The predicted octanol–water partition coefficient (Wildman–Crippen LogP) is 3.10. The first-order valence-corrected chi connectivity index (χ1v) is 7.51. The summed E-state index contributed by atoms with van der Waals surface area (Å²) in [4.78, 5) is 5.43. The first-order valence-electron chi connectivity index (χ1n) is 5.73. The number of nitrogens with two attached hydrogens (primary N) is 1. The second-order valence-corrected chi connectivity index (χ2v) is 5.80. The number of H-pyrrole nitrogens is 1. The zero-order valence-electron chi connectivity index (χ0n) is 10.2. The Morgan fingerprint density at radius 2 is 2.20 bits per heavy atom. The molecule has 0 amide bonds. The largest absolute Gasteiger partial charge is 0.383 e. The number of nitrogen functional groups attached to an aromatic ring is 1. The molecule has 0 spiro atoms. The van der Waals surface area contributed by atoms with Crippen molar-refractivity contribution in [2.24, 2.45) is 0 Å². The molecule has 8 heteroatoms. The van der Waals surface area contributed by atoms with Crippen molar-refractivity contribution in [3.05, 3.63) is 40.8 Å². The minimum atomic E-state index is 0.374. The van der Waals surface area contributed by atoms with E-state index in [2.05, 4.69) is 36.3 Å². The van der Waals surface area contributed by atoms with Crippen molar-refractivity contribution < 1.29 is 4.52 Å². The highest BCUT2D eigenvalue weighted by atomic mass is 79.9. The van der Waals surface area contributed by atoms with Crippen LogP contribution in [0.4, 0.5) is 5.82 Å². The summed E-state index contributed by atoms with van der Waals surface area (Å²) in [7, 11) is 0. The highest BCUT2D eigenvalue weighted by molar-refractivity contribution is 9.10. The van der Waals surface area contributed by atoms with Gasteiger partial charge in [-0.05, 0) is 28.1 Å². The van der Waals surface area contributed by atoms with E-state index in [1.165, 1.54) is 0 Å². The number of hydrogen-bond acceptors (Lipinski definition) is 6. The molecule has 3 N–H and O–H groups in total. The monoisotopic (exact) mass is 351 g/mol. The number of benzene rings is 1. The Morgan fingerprint density at radius 1 is 1.35 bits per heavy atom. The summed E-state index contributed by atoms with van der Waals surface area (Å²) in [6.07, 6.45) is 1.56. The maximum absolute atomic E-state index is 5.71. The molecule has 0 bridgehead atoms. The van der Waals surface area contributed by atoms with E-state index in [-0.39, 0.29) is 0 Å². The summed E-state index contributed by atoms with van der Waals surface area (Å²) in [5.41, 5.74) is 6.33. The Hall–Kier alpha value is -1.80. The predicted molar refractivity (Wildman–Crippen MR) is 80.0 cm³/mol. The van der Waals surface area contributed by atoms with Gasteiger partial charge in [0.1, 0.15) is 11.4 Å². The van der Waals surface area contributed by atoms with Crippen LogP contribution in [-0.2, 0) is 5.75 Å². The van der Waals surface area contributed by atoms with Crippen LogP contribution in [0.3, 0.4) is 0 Å². The van der Waals surface area contributed by atoms with E-state index >= 15 is 0 Å². The summed E-state index contributed by atoms with van der Waals surface area (Å²) in [6.45, 7) is 0. The number of hydrogen-bond donors (Lipinski definition) is 2. The SMILES string of the molecule is Nc1[nH]ncc1-c1nc(CSc2ccccc2Br)no1. The molecule has 0 radical (unpaired) electrons. The zero-order valence-corrected chi connectivity index (χ0v) is 12.6. The van der Waals surface area contributed by atoms with Gasteiger partial charge in [-0.25, -0.2) is 0 Å². The quantitative estimate of drug-likeness (QED) is 0.701.